The lowest BCUT2D eigenvalue weighted by molar-refractivity contribution is 0.363. The second-order valence-electron chi connectivity index (χ2n) is 4.50. The summed E-state index contributed by atoms with van der Waals surface area (Å²) in [5, 5.41) is 0. The molecule has 0 aromatic heterocycles. The molecule has 1 aliphatic rings. The van der Waals surface area contributed by atoms with E-state index >= 15 is 0 Å². The van der Waals surface area contributed by atoms with Crippen LogP contribution in [0.3, 0.4) is 0 Å². The molecule has 1 heterocycles. The Morgan fingerprint density at radius 2 is 1.40 bits per heavy atom. The Balaban J connectivity index is 2.10. The molecule has 0 atom stereocenters. The maximum absolute atomic E-state index is 5.85. The zero-order valence-electron chi connectivity index (χ0n) is 11.2. The Morgan fingerprint density at radius 1 is 0.700 bits per heavy atom. The van der Waals surface area contributed by atoms with Gasteiger partial charge in [-0.1, -0.05) is 48.6 Å². The predicted molar refractivity (Wildman–Crippen MR) is 80.9 cm³/mol. The summed E-state index contributed by atoms with van der Waals surface area (Å²) in [6.07, 6.45) is 8.66. The molecule has 2 aromatic rings. The van der Waals surface area contributed by atoms with Gasteiger partial charge >= 0.3 is 0 Å². The van der Waals surface area contributed by atoms with Crippen molar-refractivity contribution < 1.29 is 9.47 Å². The highest BCUT2D eigenvalue weighted by molar-refractivity contribution is 5.75. The van der Waals surface area contributed by atoms with Gasteiger partial charge in [-0.3, -0.25) is 0 Å². The maximum Gasteiger partial charge on any atom is 0.134 e. The van der Waals surface area contributed by atoms with Crippen molar-refractivity contribution in [3.63, 3.8) is 0 Å². The van der Waals surface area contributed by atoms with Crippen molar-refractivity contribution in [2.75, 3.05) is 6.61 Å². The standard InChI is InChI=1S/C18H16O2/c1-2-8-14-20-18-12-6-4-10-16(18)15-9-3-5-11-17(15)19-13-7-1/h1,3-12,14H,2,13H2/b7-1-,14-8-. The fraction of sp³-hybridized carbons (Fsp3) is 0.111. The van der Waals surface area contributed by atoms with Crippen LogP contribution in [0.5, 0.6) is 11.5 Å². The lowest BCUT2D eigenvalue weighted by atomic mass is 10.0. The van der Waals surface area contributed by atoms with Gasteiger partial charge in [0.2, 0.25) is 0 Å². The number of para-hydroxylation sites is 2. The molecule has 1 aliphatic heterocycles. The van der Waals surface area contributed by atoms with Gasteiger partial charge in [-0.05, 0) is 24.6 Å². The first-order valence-corrected chi connectivity index (χ1v) is 6.73. The molecule has 0 fully saturated rings. The summed E-state index contributed by atoms with van der Waals surface area (Å²) in [6, 6.07) is 16.0. The van der Waals surface area contributed by atoms with Crippen LogP contribution in [-0.2, 0) is 0 Å². The first kappa shape index (κ1) is 12.5. The molecule has 2 nitrogen and oxygen atoms in total. The van der Waals surface area contributed by atoms with E-state index in [-0.39, 0.29) is 0 Å². The highest BCUT2D eigenvalue weighted by Gasteiger charge is 2.10. The van der Waals surface area contributed by atoms with E-state index in [4.69, 9.17) is 9.47 Å². The second kappa shape index (κ2) is 6.11. The molecule has 0 radical (unpaired) electrons. The first-order chi connectivity index (χ1) is 9.95. The summed E-state index contributed by atoms with van der Waals surface area (Å²) < 4.78 is 11.6. The summed E-state index contributed by atoms with van der Waals surface area (Å²) in [5.74, 6) is 1.71. The number of hydrogen-bond acceptors (Lipinski definition) is 2. The van der Waals surface area contributed by atoms with E-state index in [9.17, 15) is 0 Å². The van der Waals surface area contributed by atoms with Crippen LogP contribution in [-0.4, -0.2) is 6.61 Å². The lowest BCUT2D eigenvalue weighted by Gasteiger charge is -2.13. The molecule has 0 aliphatic carbocycles. The third kappa shape index (κ3) is 2.75. The molecule has 20 heavy (non-hydrogen) atoms. The monoisotopic (exact) mass is 264 g/mol. The molecule has 2 heteroatoms. The van der Waals surface area contributed by atoms with Crippen molar-refractivity contribution in [1.82, 2.24) is 0 Å². The molecule has 0 amide bonds. The first-order valence-electron chi connectivity index (χ1n) is 6.73. The van der Waals surface area contributed by atoms with Crippen molar-refractivity contribution in [1.29, 1.82) is 0 Å². The summed E-state index contributed by atoms with van der Waals surface area (Å²) in [4.78, 5) is 0. The second-order valence-corrected chi connectivity index (χ2v) is 4.50. The number of benzene rings is 2. The Labute approximate surface area is 119 Å². The number of rotatable bonds is 0. The average molecular weight is 264 g/mol. The van der Waals surface area contributed by atoms with Crippen molar-refractivity contribution in [3.05, 3.63) is 73.0 Å². The molecule has 0 saturated carbocycles. The molecular weight excluding hydrogens is 248 g/mol. The number of fused-ring (bicyclic) bond motifs is 3. The van der Waals surface area contributed by atoms with Crippen molar-refractivity contribution >= 4 is 0 Å². The van der Waals surface area contributed by atoms with Gasteiger partial charge in [0.25, 0.3) is 0 Å². The van der Waals surface area contributed by atoms with Gasteiger partial charge in [0.1, 0.15) is 18.1 Å². The highest BCUT2D eigenvalue weighted by atomic mass is 16.5. The van der Waals surface area contributed by atoms with E-state index in [2.05, 4.69) is 12.1 Å². The molecule has 0 N–H and O–H groups in total. The third-order valence-corrected chi connectivity index (χ3v) is 3.13. The van der Waals surface area contributed by atoms with E-state index in [1.165, 1.54) is 0 Å². The fourth-order valence-electron chi connectivity index (χ4n) is 2.16. The maximum atomic E-state index is 5.85. The van der Waals surface area contributed by atoms with Gasteiger partial charge in [0, 0.05) is 11.1 Å². The summed E-state index contributed by atoms with van der Waals surface area (Å²) in [6.45, 7) is 0.577. The number of ether oxygens (including phenoxy) is 2. The van der Waals surface area contributed by atoms with Crippen LogP contribution in [0.2, 0.25) is 0 Å². The largest absolute Gasteiger partial charge is 0.489 e. The average Bonchev–Trinajstić information content (AvgIpc) is 2.49. The minimum Gasteiger partial charge on any atom is -0.489 e. The molecule has 0 bridgehead atoms. The van der Waals surface area contributed by atoms with E-state index in [1.807, 2.05) is 54.6 Å². The van der Waals surface area contributed by atoms with Crippen molar-refractivity contribution in [2.45, 2.75) is 6.42 Å². The van der Waals surface area contributed by atoms with E-state index in [0.29, 0.717) is 6.61 Å². The normalized spacial score (nSPS) is 17.2. The van der Waals surface area contributed by atoms with Crippen LogP contribution in [0.15, 0.2) is 73.0 Å². The Kier molecular flexibility index (Phi) is 3.83. The van der Waals surface area contributed by atoms with Crippen LogP contribution in [0.4, 0.5) is 0 Å². The molecule has 0 spiro atoms. The van der Waals surface area contributed by atoms with Gasteiger partial charge < -0.3 is 9.47 Å². The molecule has 0 saturated heterocycles. The third-order valence-electron chi connectivity index (χ3n) is 3.13. The van der Waals surface area contributed by atoms with Crippen molar-refractivity contribution in [3.8, 4) is 22.6 Å². The molecule has 100 valence electrons. The lowest BCUT2D eigenvalue weighted by Crippen LogP contribution is -1.97. The van der Waals surface area contributed by atoms with Gasteiger partial charge in [-0.25, -0.2) is 0 Å². The fourth-order valence-corrected chi connectivity index (χ4v) is 2.16. The number of hydrogen-bond donors (Lipinski definition) is 0. The van der Waals surface area contributed by atoms with Crippen molar-refractivity contribution in [2.24, 2.45) is 0 Å². The quantitative estimate of drug-likeness (QED) is 0.648. The predicted octanol–water partition coefficient (Wildman–Crippen LogP) is 4.58. The number of allylic oxidation sites excluding steroid dienone is 2. The molecule has 0 unspecified atom stereocenters. The minimum atomic E-state index is 0.577. The van der Waals surface area contributed by atoms with Crippen LogP contribution < -0.4 is 9.47 Å². The van der Waals surface area contributed by atoms with Gasteiger partial charge in [0.15, 0.2) is 0 Å². The Hall–Kier alpha value is -2.48. The zero-order valence-corrected chi connectivity index (χ0v) is 11.2. The van der Waals surface area contributed by atoms with Gasteiger partial charge in [-0.15, -0.1) is 0 Å². The Morgan fingerprint density at radius 3 is 2.25 bits per heavy atom. The van der Waals surface area contributed by atoms with Crippen LogP contribution >= 0.6 is 0 Å². The highest BCUT2D eigenvalue weighted by Crippen LogP contribution is 2.36. The minimum absolute atomic E-state index is 0.577. The van der Waals surface area contributed by atoms with Crippen LogP contribution in [0.25, 0.3) is 11.1 Å². The van der Waals surface area contributed by atoms with Crippen LogP contribution in [0, 0.1) is 0 Å². The topological polar surface area (TPSA) is 18.5 Å². The summed E-state index contributed by atoms with van der Waals surface area (Å²) in [5.41, 5.74) is 2.09. The summed E-state index contributed by atoms with van der Waals surface area (Å²) >= 11 is 0. The van der Waals surface area contributed by atoms with E-state index < -0.39 is 0 Å². The van der Waals surface area contributed by atoms with Gasteiger partial charge in [0.05, 0.1) is 6.26 Å². The molecule has 3 rings (SSSR count). The smallest absolute Gasteiger partial charge is 0.134 e. The summed E-state index contributed by atoms with van der Waals surface area (Å²) in [7, 11) is 0. The van der Waals surface area contributed by atoms with Crippen LogP contribution in [0.1, 0.15) is 6.42 Å². The van der Waals surface area contributed by atoms with Gasteiger partial charge in [-0.2, -0.15) is 0 Å². The van der Waals surface area contributed by atoms with E-state index in [1.54, 1.807) is 6.26 Å². The van der Waals surface area contributed by atoms with E-state index in [0.717, 1.165) is 29.0 Å². The SMILES string of the molecule is C1=C\COc2ccccc2-c2ccccc2O/C=C\C/1. The molecular formula is C18H16O2. The molecule has 2 aromatic carbocycles. The Bertz CT molecular complexity index is 641. The zero-order chi connectivity index (χ0) is 13.6.